The second-order valence-corrected chi connectivity index (χ2v) is 5.85. The molecule has 86 valence electrons. The third-order valence-electron chi connectivity index (χ3n) is 2.19. The fraction of sp³-hybridized carbons (Fsp3) is 0.667. The van der Waals surface area contributed by atoms with Crippen molar-refractivity contribution in [3.8, 4) is 0 Å². The standard InChI is InChI=1S/C9H17N3O2S/c1-2-15(13,14)6-5-12-7-9(3-4-10)11-8-12/h7-8H,2-6,10H2,1H3. The minimum absolute atomic E-state index is 0.169. The molecule has 0 fully saturated rings. The molecule has 0 aromatic carbocycles. The Bertz CT molecular complexity index is 397. The van der Waals surface area contributed by atoms with Crippen LogP contribution >= 0.6 is 0 Å². The number of nitrogens with two attached hydrogens (primary N) is 1. The summed E-state index contributed by atoms with van der Waals surface area (Å²) in [4.78, 5) is 4.12. The Morgan fingerprint density at radius 2 is 2.27 bits per heavy atom. The number of aromatic nitrogens is 2. The van der Waals surface area contributed by atoms with Crippen LogP contribution in [0, 0.1) is 0 Å². The second kappa shape index (κ2) is 5.27. The van der Waals surface area contributed by atoms with E-state index in [1.165, 1.54) is 0 Å². The highest BCUT2D eigenvalue weighted by molar-refractivity contribution is 7.91. The molecule has 1 heterocycles. The summed E-state index contributed by atoms with van der Waals surface area (Å²) in [6.07, 6.45) is 4.22. The molecule has 0 saturated heterocycles. The van der Waals surface area contributed by atoms with Crippen LogP contribution in [-0.2, 0) is 22.8 Å². The number of nitrogens with zero attached hydrogens (tertiary/aromatic N) is 2. The van der Waals surface area contributed by atoms with Crippen LogP contribution in [0.2, 0.25) is 0 Å². The van der Waals surface area contributed by atoms with Crippen LogP contribution < -0.4 is 5.73 Å². The highest BCUT2D eigenvalue weighted by Gasteiger charge is 2.07. The Balaban J connectivity index is 2.51. The van der Waals surface area contributed by atoms with E-state index in [2.05, 4.69) is 4.98 Å². The van der Waals surface area contributed by atoms with E-state index >= 15 is 0 Å². The summed E-state index contributed by atoms with van der Waals surface area (Å²) >= 11 is 0. The second-order valence-electron chi connectivity index (χ2n) is 3.38. The summed E-state index contributed by atoms with van der Waals surface area (Å²) in [5.41, 5.74) is 6.30. The Morgan fingerprint density at radius 1 is 1.53 bits per heavy atom. The van der Waals surface area contributed by atoms with E-state index < -0.39 is 9.84 Å². The van der Waals surface area contributed by atoms with Crippen LogP contribution in [0.5, 0.6) is 0 Å². The molecule has 0 atom stereocenters. The smallest absolute Gasteiger partial charge is 0.151 e. The number of hydrogen-bond acceptors (Lipinski definition) is 4. The van der Waals surface area contributed by atoms with E-state index in [0.717, 1.165) is 12.1 Å². The van der Waals surface area contributed by atoms with Crippen LogP contribution in [0.25, 0.3) is 0 Å². The fourth-order valence-electron chi connectivity index (χ4n) is 1.19. The molecule has 0 amide bonds. The molecule has 1 aromatic heterocycles. The van der Waals surface area contributed by atoms with Crippen molar-refractivity contribution in [1.29, 1.82) is 0 Å². The van der Waals surface area contributed by atoms with Crippen LogP contribution in [0.3, 0.4) is 0 Å². The van der Waals surface area contributed by atoms with Gasteiger partial charge in [-0.2, -0.15) is 0 Å². The summed E-state index contributed by atoms with van der Waals surface area (Å²) in [6.45, 7) is 2.68. The van der Waals surface area contributed by atoms with Gasteiger partial charge in [-0.25, -0.2) is 13.4 Å². The molecule has 0 saturated carbocycles. The lowest BCUT2D eigenvalue weighted by Gasteiger charge is -2.01. The third-order valence-corrected chi connectivity index (χ3v) is 3.87. The highest BCUT2D eigenvalue weighted by atomic mass is 32.2. The molecule has 5 nitrogen and oxygen atoms in total. The first-order valence-electron chi connectivity index (χ1n) is 4.98. The van der Waals surface area contributed by atoms with Gasteiger partial charge in [0, 0.05) is 24.9 Å². The molecule has 0 aliphatic heterocycles. The molecule has 2 N–H and O–H groups in total. The zero-order valence-corrected chi connectivity index (χ0v) is 9.70. The van der Waals surface area contributed by atoms with E-state index in [1.807, 2.05) is 6.20 Å². The van der Waals surface area contributed by atoms with Crippen molar-refractivity contribution in [2.24, 2.45) is 5.73 Å². The maximum atomic E-state index is 11.3. The van der Waals surface area contributed by atoms with Gasteiger partial charge in [0.2, 0.25) is 0 Å². The molecule has 0 aliphatic carbocycles. The number of imidazole rings is 1. The van der Waals surface area contributed by atoms with Crippen molar-refractivity contribution in [3.05, 3.63) is 18.2 Å². The van der Waals surface area contributed by atoms with E-state index in [-0.39, 0.29) is 11.5 Å². The monoisotopic (exact) mass is 231 g/mol. The van der Waals surface area contributed by atoms with Gasteiger partial charge < -0.3 is 10.3 Å². The van der Waals surface area contributed by atoms with Crippen molar-refractivity contribution >= 4 is 9.84 Å². The molecule has 0 spiro atoms. The molecular formula is C9H17N3O2S. The lowest BCUT2D eigenvalue weighted by atomic mass is 10.3. The van der Waals surface area contributed by atoms with Gasteiger partial charge in [-0.3, -0.25) is 0 Å². The minimum atomic E-state index is -2.89. The summed E-state index contributed by atoms with van der Waals surface area (Å²) in [5, 5.41) is 0. The van der Waals surface area contributed by atoms with E-state index in [0.29, 0.717) is 13.1 Å². The van der Waals surface area contributed by atoms with Gasteiger partial charge in [-0.15, -0.1) is 0 Å². The van der Waals surface area contributed by atoms with E-state index in [9.17, 15) is 8.42 Å². The van der Waals surface area contributed by atoms with Crippen LogP contribution in [-0.4, -0.2) is 36.0 Å². The van der Waals surface area contributed by atoms with Gasteiger partial charge in [-0.05, 0) is 6.54 Å². The lowest BCUT2D eigenvalue weighted by molar-refractivity contribution is 0.590. The summed E-state index contributed by atoms with van der Waals surface area (Å²) in [6, 6.07) is 0. The Kier molecular flexibility index (Phi) is 4.28. The average Bonchev–Trinajstić information content (AvgIpc) is 2.64. The zero-order valence-electron chi connectivity index (χ0n) is 8.89. The van der Waals surface area contributed by atoms with Crippen molar-refractivity contribution in [2.45, 2.75) is 19.9 Å². The largest absolute Gasteiger partial charge is 0.336 e. The predicted octanol–water partition coefficient (Wildman–Crippen LogP) is -0.181. The first-order chi connectivity index (χ1) is 7.07. The summed E-state index contributed by atoms with van der Waals surface area (Å²) in [7, 11) is -2.89. The first-order valence-corrected chi connectivity index (χ1v) is 6.80. The van der Waals surface area contributed by atoms with E-state index in [4.69, 9.17) is 5.73 Å². The predicted molar refractivity (Wildman–Crippen MR) is 59.3 cm³/mol. The van der Waals surface area contributed by atoms with E-state index in [1.54, 1.807) is 17.8 Å². The molecule has 0 unspecified atom stereocenters. The average molecular weight is 231 g/mol. The van der Waals surface area contributed by atoms with Gasteiger partial charge in [0.15, 0.2) is 9.84 Å². The van der Waals surface area contributed by atoms with Crippen LogP contribution in [0.1, 0.15) is 12.6 Å². The summed E-state index contributed by atoms with van der Waals surface area (Å²) < 4.78 is 24.3. The molecule has 0 bridgehead atoms. The Hall–Kier alpha value is -0.880. The highest BCUT2D eigenvalue weighted by Crippen LogP contribution is 1.98. The molecular weight excluding hydrogens is 214 g/mol. The van der Waals surface area contributed by atoms with Crippen LogP contribution in [0.15, 0.2) is 12.5 Å². The molecule has 1 aromatic rings. The van der Waals surface area contributed by atoms with Gasteiger partial charge in [0.05, 0.1) is 17.8 Å². The Labute approximate surface area is 90.2 Å². The molecule has 1 rings (SSSR count). The molecule has 6 heteroatoms. The molecule has 0 radical (unpaired) electrons. The Morgan fingerprint density at radius 3 is 2.87 bits per heavy atom. The summed E-state index contributed by atoms with van der Waals surface area (Å²) in [5.74, 6) is 0.360. The zero-order chi connectivity index (χ0) is 11.3. The van der Waals surface area contributed by atoms with Gasteiger partial charge in [-0.1, -0.05) is 6.92 Å². The van der Waals surface area contributed by atoms with Crippen molar-refractivity contribution in [3.63, 3.8) is 0 Å². The lowest BCUT2D eigenvalue weighted by Crippen LogP contribution is -2.13. The maximum absolute atomic E-state index is 11.3. The quantitative estimate of drug-likeness (QED) is 0.736. The topological polar surface area (TPSA) is 78.0 Å². The van der Waals surface area contributed by atoms with Gasteiger partial charge >= 0.3 is 0 Å². The number of hydrogen-bond donors (Lipinski definition) is 1. The van der Waals surface area contributed by atoms with Gasteiger partial charge in [0.1, 0.15) is 0 Å². The number of aryl methyl sites for hydroxylation is 1. The maximum Gasteiger partial charge on any atom is 0.151 e. The first kappa shape index (κ1) is 12.2. The minimum Gasteiger partial charge on any atom is -0.336 e. The molecule has 15 heavy (non-hydrogen) atoms. The fourth-order valence-corrected chi connectivity index (χ4v) is 1.97. The SMILES string of the molecule is CCS(=O)(=O)CCn1cnc(CCN)c1. The van der Waals surface area contributed by atoms with Crippen molar-refractivity contribution in [2.75, 3.05) is 18.1 Å². The molecule has 0 aliphatic rings. The number of sulfone groups is 1. The third kappa shape index (κ3) is 4.01. The number of rotatable bonds is 6. The van der Waals surface area contributed by atoms with Crippen molar-refractivity contribution in [1.82, 2.24) is 9.55 Å². The van der Waals surface area contributed by atoms with Gasteiger partial charge in [0.25, 0.3) is 0 Å². The van der Waals surface area contributed by atoms with Crippen LogP contribution in [0.4, 0.5) is 0 Å². The normalized spacial score (nSPS) is 11.9. The van der Waals surface area contributed by atoms with Crippen molar-refractivity contribution < 1.29 is 8.42 Å².